The monoisotopic (exact) mass is 259 g/mol. The van der Waals surface area contributed by atoms with Gasteiger partial charge in [0.2, 0.25) is 0 Å². The fourth-order valence-corrected chi connectivity index (χ4v) is 1.57. The van der Waals surface area contributed by atoms with Crippen molar-refractivity contribution in [2.24, 2.45) is 0 Å². The van der Waals surface area contributed by atoms with E-state index >= 15 is 0 Å². The van der Waals surface area contributed by atoms with E-state index in [1.807, 2.05) is 36.5 Å². The lowest BCUT2D eigenvalue weighted by atomic mass is 9.84. The molecule has 0 spiro atoms. The average molecular weight is 259 g/mol. The predicted octanol–water partition coefficient (Wildman–Crippen LogP) is 2.95. The first-order valence-corrected chi connectivity index (χ1v) is 5.55. The molecule has 0 aliphatic heterocycles. The zero-order chi connectivity index (χ0) is 14.0. The van der Waals surface area contributed by atoms with Gasteiger partial charge in [-0.25, -0.2) is 0 Å². The first-order chi connectivity index (χ1) is 8.13. The number of alkyl halides is 3. The van der Waals surface area contributed by atoms with Gasteiger partial charge in [-0.15, -0.1) is 0 Å². The summed E-state index contributed by atoms with van der Waals surface area (Å²) in [4.78, 5) is 10.8. The highest BCUT2D eigenvalue weighted by molar-refractivity contribution is 5.81. The van der Waals surface area contributed by atoms with Crippen LogP contribution in [-0.2, 0) is 10.2 Å². The van der Waals surface area contributed by atoms with E-state index in [4.69, 9.17) is 0 Å². The summed E-state index contributed by atoms with van der Waals surface area (Å²) in [5.74, 6) is -1.90. The molecule has 0 radical (unpaired) electrons. The van der Waals surface area contributed by atoms with Crippen molar-refractivity contribution in [3.8, 4) is 0 Å². The lowest BCUT2D eigenvalue weighted by Gasteiger charge is -2.26. The van der Waals surface area contributed by atoms with Crippen molar-refractivity contribution >= 4 is 5.91 Å². The van der Waals surface area contributed by atoms with Gasteiger partial charge in [0.1, 0.15) is 0 Å². The number of carbonyl (C=O) groups excluding carboxylic acids is 1. The molecule has 0 saturated carbocycles. The Bertz CT molecular complexity index is 438. The van der Waals surface area contributed by atoms with Crippen molar-refractivity contribution in [3.05, 3.63) is 35.4 Å². The minimum Gasteiger partial charge on any atom is -0.347 e. The molecule has 0 aliphatic carbocycles. The number of hydrogen-bond acceptors (Lipinski definition) is 1. The van der Waals surface area contributed by atoms with Gasteiger partial charge in [-0.2, -0.15) is 13.2 Å². The Morgan fingerprint density at radius 3 is 2.39 bits per heavy atom. The predicted molar refractivity (Wildman–Crippen MR) is 63.3 cm³/mol. The molecule has 0 aliphatic rings. The zero-order valence-electron chi connectivity index (χ0n) is 10.6. The summed E-state index contributed by atoms with van der Waals surface area (Å²) in [6.07, 6.45) is -4.83. The molecule has 1 rings (SSSR count). The van der Waals surface area contributed by atoms with Crippen LogP contribution in [0.4, 0.5) is 13.2 Å². The van der Waals surface area contributed by atoms with E-state index < -0.39 is 17.5 Å². The number of halogens is 3. The van der Waals surface area contributed by atoms with Gasteiger partial charge in [0.25, 0.3) is 0 Å². The van der Waals surface area contributed by atoms with Gasteiger partial charge in [0.05, 0.1) is 0 Å². The smallest absolute Gasteiger partial charge is 0.347 e. The van der Waals surface area contributed by atoms with Gasteiger partial charge in [-0.1, -0.05) is 43.7 Å². The molecule has 1 aromatic rings. The molecule has 0 saturated heterocycles. The number of amides is 1. The molecule has 1 amide bonds. The van der Waals surface area contributed by atoms with Crippen molar-refractivity contribution in [2.45, 2.75) is 32.4 Å². The Labute approximate surface area is 104 Å². The van der Waals surface area contributed by atoms with E-state index in [-0.39, 0.29) is 6.54 Å². The summed E-state index contributed by atoms with van der Waals surface area (Å²) in [6.45, 7) is 5.43. The molecule has 1 N–H and O–H groups in total. The van der Waals surface area contributed by atoms with Crippen LogP contribution in [0.1, 0.15) is 25.0 Å². The van der Waals surface area contributed by atoms with Crippen LogP contribution in [-0.4, -0.2) is 18.6 Å². The van der Waals surface area contributed by atoms with E-state index in [1.54, 1.807) is 13.8 Å². The molecule has 0 atom stereocenters. The Morgan fingerprint density at radius 1 is 1.28 bits per heavy atom. The Kier molecular flexibility index (Phi) is 4.04. The van der Waals surface area contributed by atoms with Gasteiger partial charge < -0.3 is 5.32 Å². The molecular formula is C13H16F3NO. The highest BCUT2D eigenvalue weighted by Gasteiger charge is 2.39. The number of carbonyl (C=O) groups is 1. The second kappa shape index (κ2) is 5.00. The molecule has 2 nitrogen and oxygen atoms in total. The maximum atomic E-state index is 12.1. The molecule has 0 aromatic heterocycles. The van der Waals surface area contributed by atoms with E-state index in [2.05, 4.69) is 0 Å². The summed E-state index contributed by atoms with van der Waals surface area (Å²) >= 11 is 0. The highest BCUT2D eigenvalue weighted by Crippen LogP contribution is 2.23. The van der Waals surface area contributed by atoms with Crippen LogP contribution < -0.4 is 5.32 Å². The Balaban J connectivity index is 2.74. The van der Waals surface area contributed by atoms with Crippen molar-refractivity contribution < 1.29 is 18.0 Å². The standard InChI is InChI=1S/C13H16F3NO/c1-9-5-4-6-10(7-9)12(2,3)8-17-11(18)13(14,15)16/h4-7H,8H2,1-3H3,(H,17,18). The summed E-state index contributed by atoms with van der Waals surface area (Å²) < 4.78 is 36.2. The molecule has 5 heteroatoms. The van der Waals surface area contributed by atoms with Crippen LogP contribution in [0.15, 0.2) is 24.3 Å². The third-order valence-electron chi connectivity index (χ3n) is 2.75. The number of hydrogen-bond donors (Lipinski definition) is 1. The summed E-state index contributed by atoms with van der Waals surface area (Å²) in [5.41, 5.74) is 1.38. The Morgan fingerprint density at radius 2 is 1.89 bits per heavy atom. The van der Waals surface area contributed by atoms with Gasteiger partial charge in [-0.05, 0) is 12.5 Å². The maximum absolute atomic E-state index is 12.1. The van der Waals surface area contributed by atoms with Crippen LogP contribution in [0.3, 0.4) is 0 Å². The third-order valence-corrected chi connectivity index (χ3v) is 2.75. The van der Waals surface area contributed by atoms with Crippen molar-refractivity contribution in [1.82, 2.24) is 5.32 Å². The Hall–Kier alpha value is -1.52. The molecule has 18 heavy (non-hydrogen) atoms. The summed E-state index contributed by atoms with van der Waals surface area (Å²) in [7, 11) is 0. The molecule has 0 heterocycles. The lowest BCUT2D eigenvalue weighted by molar-refractivity contribution is -0.173. The molecule has 0 fully saturated rings. The first kappa shape index (κ1) is 14.5. The second-order valence-electron chi connectivity index (χ2n) is 4.93. The number of rotatable bonds is 3. The van der Waals surface area contributed by atoms with Crippen molar-refractivity contribution in [1.29, 1.82) is 0 Å². The van der Waals surface area contributed by atoms with E-state index in [9.17, 15) is 18.0 Å². The van der Waals surface area contributed by atoms with Crippen molar-refractivity contribution in [3.63, 3.8) is 0 Å². The fourth-order valence-electron chi connectivity index (χ4n) is 1.57. The van der Waals surface area contributed by atoms with E-state index in [0.717, 1.165) is 11.1 Å². The van der Waals surface area contributed by atoms with Crippen LogP contribution in [0.5, 0.6) is 0 Å². The quantitative estimate of drug-likeness (QED) is 0.888. The number of nitrogens with one attached hydrogen (secondary N) is 1. The molecule has 0 bridgehead atoms. The van der Waals surface area contributed by atoms with Crippen LogP contribution in [0.2, 0.25) is 0 Å². The minimum absolute atomic E-state index is 0.0607. The van der Waals surface area contributed by atoms with Gasteiger partial charge in [0.15, 0.2) is 0 Å². The fraction of sp³-hybridized carbons (Fsp3) is 0.462. The van der Waals surface area contributed by atoms with Gasteiger partial charge in [0, 0.05) is 12.0 Å². The molecular weight excluding hydrogens is 243 g/mol. The second-order valence-corrected chi connectivity index (χ2v) is 4.93. The van der Waals surface area contributed by atoms with Crippen molar-refractivity contribution in [2.75, 3.05) is 6.54 Å². The topological polar surface area (TPSA) is 29.1 Å². The summed E-state index contributed by atoms with van der Waals surface area (Å²) in [6, 6.07) is 7.50. The largest absolute Gasteiger partial charge is 0.471 e. The normalized spacial score (nSPS) is 12.3. The van der Waals surface area contributed by atoms with Crippen LogP contribution in [0, 0.1) is 6.92 Å². The molecule has 100 valence electrons. The average Bonchev–Trinajstić information content (AvgIpc) is 2.24. The maximum Gasteiger partial charge on any atom is 0.471 e. The summed E-state index contributed by atoms with van der Waals surface area (Å²) in [5, 5.41) is 1.92. The highest BCUT2D eigenvalue weighted by atomic mass is 19.4. The van der Waals surface area contributed by atoms with Gasteiger partial charge >= 0.3 is 12.1 Å². The molecule has 0 unspecified atom stereocenters. The van der Waals surface area contributed by atoms with E-state index in [0.29, 0.717) is 0 Å². The lowest BCUT2D eigenvalue weighted by Crippen LogP contribution is -2.43. The van der Waals surface area contributed by atoms with Gasteiger partial charge in [-0.3, -0.25) is 4.79 Å². The number of aryl methyl sites for hydroxylation is 1. The SMILES string of the molecule is Cc1cccc(C(C)(C)CNC(=O)C(F)(F)F)c1. The van der Waals surface area contributed by atoms with Crippen LogP contribution >= 0.6 is 0 Å². The minimum atomic E-state index is -4.83. The third kappa shape index (κ3) is 3.75. The molecule has 1 aromatic carbocycles. The zero-order valence-corrected chi connectivity index (χ0v) is 10.6. The van der Waals surface area contributed by atoms with Crippen LogP contribution in [0.25, 0.3) is 0 Å². The number of benzene rings is 1. The first-order valence-electron chi connectivity index (χ1n) is 5.55. The van der Waals surface area contributed by atoms with E-state index in [1.165, 1.54) is 0 Å².